The zero-order valence-corrected chi connectivity index (χ0v) is 11.1. The van der Waals surface area contributed by atoms with Gasteiger partial charge < -0.3 is 25.4 Å². The Kier molecular flexibility index (Phi) is 4.24. The van der Waals surface area contributed by atoms with Gasteiger partial charge in [0.05, 0.1) is 19.3 Å². The summed E-state index contributed by atoms with van der Waals surface area (Å²) in [6.45, 7) is 1.12. The number of nitrogens with zero attached hydrogens (tertiary/aromatic N) is 1. The lowest BCUT2D eigenvalue weighted by Gasteiger charge is -2.26. The number of nitrogens with one attached hydrogen (secondary N) is 2. The summed E-state index contributed by atoms with van der Waals surface area (Å²) in [5, 5.41) is 15.6. The number of anilines is 1. The number of hydrogen-bond donors (Lipinski definition) is 3. The first-order chi connectivity index (χ1) is 9.11. The Hall–Kier alpha value is -1.79. The predicted octanol–water partition coefficient (Wildman–Crippen LogP) is 0.492. The van der Waals surface area contributed by atoms with Crippen LogP contribution in [0.15, 0.2) is 24.3 Å². The number of urea groups is 1. The normalized spacial score (nSPS) is 22.1. The fraction of sp³-hybridized carbons (Fsp3) is 0.462. The van der Waals surface area contributed by atoms with Crippen molar-refractivity contribution < 1.29 is 14.6 Å². The molecule has 19 heavy (non-hydrogen) atoms. The second-order valence-corrected chi connectivity index (χ2v) is 4.56. The number of likely N-dealkylation sites (N-methyl/N-ethyl adjacent to an activating group) is 1. The summed E-state index contributed by atoms with van der Waals surface area (Å²) in [4.78, 5) is 13.6. The van der Waals surface area contributed by atoms with Crippen molar-refractivity contribution in [3.8, 4) is 5.75 Å². The Labute approximate surface area is 112 Å². The minimum atomic E-state index is -0.522. The number of ether oxygens (including phenoxy) is 1. The number of carbonyl (C=O) groups is 1. The Morgan fingerprint density at radius 3 is 2.63 bits per heavy atom. The highest BCUT2D eigenvalue weighted by atomic mass is 16.5. The van der Waals surface area contributed by atoms with E-state index in [0.29, 0.717) is 18.8 Å². The van der Waals surface area contributed by atoms with Gasteiger partial charge in [-0.15, -0.1) is 0 Å². The first-order valence-electron chi connectivity index (χ1n) is 6.18. The number of benzene rings is 1. The van der Waals surface area contributed by atoms with Gasteiger partial charge >= 0.3 is 6.03 Å². The molecule has 2 atom stereocenters. The van der Waals surface area contributed by atoms with Crippen LogP contribution in [0.2, 0.25) is 0 Å². The number of hydrogen-bond acceptors (Lipinski definition) is 4. The molecule has 104 valence electrons. The van der Waals surface area contributed by atoms with Gasteiger partial charge in [0.15, 0.2) is 0 Å². The van der Waals surface area contributed by atoms with E-state index in [2.05, 4.69) is 10.6 Å². The maximum absolute atomic E-state index is 12.0. The van der Waals surface area contributed by atoms with Crippen LogP contribution < -0.4 is 15.4 Å². The SMILES string of the molecule is COc1ccc(NC(=O)N(C)[C@H]2CNC[C@@H]2O)cc1. The minimum absolute atomic E-state index is 0.196. The number of carbonyl (C=O) groups excluding carboxylic acids is 1. The molecule has 0 unspecified atom stereocenters. The van der Waals surface area contributed by atoms with E-state index in [1.807, 2.05) is 0 Å². The molecule has 3 N–H and O–H groups in total. The van der Waals surface area contributed by atoms with Gasteiger partial charge in [0.1, 0.15) is 5.75 Å². The van der Waals surface area contributed by atoms with Crippen LogP contribution in [0.1, 0.15) is 0 Å². The van der Waals surface area contributed by atoms with E-state index in [-0.39, 0.29) is 12.1 Å². The van der Waals surface area contributed by atoms with E-state index in [1.54, 1.807) is 38.4 Å². The van der Waals surface area contributed by atoms with Crippen LogP contribution in [0.5, 0.6) is 5.75 Å². The van der Waals surface area contributed by atoms with Crippen LogP contribution in [0.3, 0.4) is 0 Å². The first kappa shape index (κ1) is 13.6. The maximum atomic E-state index is 12.0. The van der Waals surface area contributed by atoms with Crippen molar-refractivity contribution in [2.75, 3.05) is 32.6 Å². The second kappa shape index (κ2) is 5.90. The standard InChI is InChI=1S/C13H19N3O3/c1-16(11-7-14-8-12(11)17)13(18)15-9-3-5-10(19-2)6-4-9/h3-6,11-12,14,17H,7-8H2,1-2H3,(H,15,18)/t11-,12-/m0/s1. The molecule has 2 rings (SSSR count). The summed E-state index contributed by atoms with van der Waals surface area (Å²) < 4.78 is 5.05. The average Bonchev–Trinajstić information content (AvgIpc) is 2.85. The van der Waals surface area contributed by atoms with Crippen LogP contribution in [0.4, 0.5) is 10.5 Å². The number of β-amino-alcohol motifs (C(OH)–C–C–N with tert-alkyl or cyclic N) is 1. The molecule has 0 saturated carbocycles. The van der Waals surface area contributed by atoms with Gasteiger partial charge in [-0.3, -0.25) is 0 Å². The number of aliphatic hydroxyl groups excluding tert-OH is 1. The molecule has 0 spiro atoms. The third-order valence-corrected chi connectivity index (χ3v) is 3.31. The lowest BCUT2D eigenvalue weighted by Crippen LogP contribution is -2.46. The maximum Gasteiger partial charge on any atom is 0.321 e. The first-order valence-corrected chi connectivity index (χ1v) is 6.18. The summed E-state index contributed by atoms with van der Waals surface area (Å²) in [5.74, 6) is 0.738. The number of methoxy groups -OCH3 is 1. The third kappa shape index (κ3) is 3.15. The van der Waals surface area contributed by atoms with E-state index in [0.717, 1.165) is 5.75 Å². The zero-order valence-electron chi connectivity index (χ0n) is 11.1. The monoisotopic (exact) mass is 265 g/mol. The second-order valence-electron chi connectivity index (χ2n) is 4.56. The Morgan fingerprint density at radius 2 is 2.11 bits per heavy atom. The molecular weight excluding hydrogens is 246 g/mol. The Balaban J connectivity index is 1.95. The van der Waals surface area contributed by atoms with Gasteiger partial charge in [0.2, 0.25) is 0 Å². The summed E-state index contributed by atoms with van der Waals surface area (Å²) in [6, 6.07) is 6.67. The average molecular weight is 265 g/mol. The molecule has 1 aliphatic heterocycles. The number of amides is 2. The molecule has 1 aromatic carbocycles. The van der Waals surface area contributed by atoms with Crippen LogP contribution in [-0.2, 0) is 0 Å². The third-order valence-electron chi connectivity index (χ3n) is 3.31. The van der Waals surface area contributed by atoms with Crippen LogP contribution in [0.25, 0.3) is 0 Å². The van der Waals surface area contributed by atoms with Crippen molar-refractivity contribution in [3.63, 3.8) is 0 Å². The zero-order chi connectivity index (χ0) is 13.8. The van der Waals surface area contributed by atoms with Gasteiger partial charge in [-0.05, 0) is 24.3 Å². The molecule has 0 radical (unpaired) electrons. The molecule has 6 nitrogen and oxygen atoms in total. The summed E-state index contributed by atoms with van der Waals surface area (Å²) in [7, 11) is 3.27. The largest absolute Gasteiger partial charge is 0.497 e. The lowest BCUT2D eigenvalue weighted by molar-refractivity contribution is 0.115. The molecule has 1 aliphatic rings. The fourth-order valence-electron chi connectivity index (χ4n) is 2.08. The van der Waals surface area contributed by atoms with Gasteiger partial charge in [0.25, 0.3) is 0 Å². The molecule has 1 aromatic rings. The fourth-order valence-corrected chi connectivity index (χ4v) is 2.08. The highest BCUT2D eigenvalue weighted by Gasteiger charge is 2.31. The Bertz CT molecular complexity index is 435. The molecule has 1 saturated heterocycles. The van der Waals surface area contributed by atoms with Crippen LogP contribution in [0, 0.1) is 0 Å². The van der Waals surface area contributed by atoms with Gasteiger partial charge in [-0.1, -0.05) is 0 Å². The molecule has 0 aromatic heterocycles. The summed E-state index contributed by atoms with van der Waals surface area (Å²) in [6.07, 6.45) is -0.522. The summed E-state index contributed by atoms with van der Waals surface area (Å²) >= 11 is 0. The number of aliphatic hydroxyl groups is 1. The van der Waals surface area contributed by atoms with Crippen molar-refractivity contribution in [1.29, 1.82) is 0 Å². The highest BCUT2D eigenvalue weighted by Crippen LogP contribution is 2.16. The molecule has 1 heterocycles. The van der Waals surface area contributed by atoms with Crippen molar-refractivity contribution in [2.24, 2.45) is 0 Å². The molecule has 2 amide bonds. The molecule has 0 aliphatic carbocycles. The minimum Gasteiger partial charge on any atom is -0.497 e. The van der Waals surface area contributed by atoms with Crippen molar-refractivity contribution in [1.82, 2.24) is 10.2 Å². The summed E-state index contributed by atoms with van der Waals surface area (Å²) in [5.41, 5.74) is 0.693. The van der Waals surface area contributed by atoms with Gasteiger partial charge in [0, 0.05) is 25.8 Å². The van der Waals surface area contributed by atoms with Crippen LogP contribution >= 0.6 is 0 Å². The Morgan fingerprint density at radius 1 is 1.42 bits per heavy atom. The topological polar surface area (TPSA) is 73.8 Å². The van der Waals surface area contributed by atoms with Crippen molar-refractivity contribution >= 4 is 11.7 Å². The highest BCUT2D eigenvalue weighted by molar-refractivity contribution is 5.89. The van der Waals surface area contributed by atoms with E-state index in [9.17, 15) is 9.90 Å². The molecule has 6 heteroatoms. The molecule has 1 fully saturated rings. The van der Waals surface area contributed by atoms with Crippen molar-refractivity contribution in [3.05, 3.63) is 24.3 Å². The van der Waals surface area contributed by atoms with Gasteiger partial charge in [-0.2, -0.15) is 0 Å². The quantitative estimate of drug-likeness (QED) is 0.743. The molecule has 0 bridgehead atoms. The predicted molar refractivity (Wildman–Crippen MR) is 72.4 cm³/mol. The molecular formula is C13H19N3O3. The number of rotatable bonds is 3. The van der Waals surface area contributed by atoms with E-state index in [4.69, 9.17) is 4.74 Å². The van der Waals surface area contributed by atoms with Crippen LogP contribution in [-0.4, -0.2) is 55.4 Å². The van der Waals surface area contributed by atoms with E-state index >= 15 is 0 Å². The van der Waals surface area contributed by atoms with E-state index < -0.39 is 6.10 Å². The van der Waals surface area contributed by atoms with Crippen molar-refractivity contribution in [2.45, 2.75) is 12.1 Å². The van der Waals surface area contributed by atoms with E-state index in [1.165, 1.54) is 4.90 Å². The lowest BCUT2D eigenvalue weighted by atomic mass is 10.2. The van der Waals surface area contributed by atoms with Gasteiger partial charge in [-0.25, -0.2) is 4.79 Å². The smallest absolute Gasteiger partial charge is 0.321 e.